The van der Waals surface area contributed by atoms with Gasteiger partial charge in [0.25, 0.3) is 0 Å². The molecule has 108 valence electrons. The fourth-order valence-corrected chi connectivity index (χ4v) is 1.21. The number of carbonyl (C=O) groups excluding carboxylic acids is 3. The number of carbonyl (C=O) groups is 4. The van der Waals surface area contributed by atoms with Gasteiger partial charge in [-0.15, -0.1) is 0 Å². The number of aliphatic carboxylic acids is 1. The van der Waals surface area contributed by atoms with Crippen molar-refractivity contribution in [2.75, 3.05) is 13.1 Å². The highest BCUT2D eigenvalue weighted by Crippen LogP contribution is 1.99. The second kappa shape index (κ2) is 9.86. The molecule has 0 unspecified atom stereocenters. The van der Waals surface area contributed by atoms with Crippen molar-refractivity contribution in [3.63, 3.8) is 0 Å². The topological polar surface area (TPSA) is 125 Å². The molecule has 0 aliphatic heterocycles. The first-order chi connectivity index (χ1) is 8.91. The number of urea groups is 1. The van der Waals surface area contributed by atoms with Crippen molar-refractivity contribution in [3.05, 3.63) is 0 Å². The Balaban J connectivity index is 3.55. The molecule has 8 nitrogen and oxygen atoms in total. The van der Waals surface area contributed by atoms with E-state index in [-0.39, 0.29) is 31.8 Å². The zero-order valence-electron chi connectivity index (χ0n) is 10.8. The second-order valence-corrected chi connectivity index (χ2v) is 3.89. The summed E-state index contributed by atoms with van der Waals surface area (Å²) in [6, 6.07) is -0.631. The Morgan fingerprint density at radius 2 is 1.53 bits per heavy atom. The van der Waals surface area contributed by atoms with E-state index in [2.05, 4.69) is 16.0 Å². The Kier molecular flexibility index (Phi) is 8.76. The van der Waals surface area contributed by atoms with Gasteiger partial charge >= 0.3 is 12.0 Å². The summed E-state index contributed by atoms with van der Waals surface area (Å²) in [4.78, 5) is 43.2. The smallest absolute Gasteiger partial charge is 0.321 e. The molecule has 0 aromatic carbocycles. The minimum absolute atomic E-state index is 0.0101. The lowest BCUT2D eigenvalue weighted by atomic mass is 10.2. The van der Waals surface area contributed by atoms with E-state index in [0.717, 1.165) is 0 Å². The monoisotopic (exact) mass is 273 g/mol. The molecule has 19 heavy (non-hydrogen) atoms. The minimum atomic E-state index is -0.906. The predicted molar refractivity (Wildman–Crippen MR) is 66.3 cm³/mol. The maximum Gasteiger partial charge on any atom is 0.321 e. The van der Waals surface area contributed by atoms with Crippen LogP contribution >= 0.6 is 0 Å². The van der Waals surface area contributed by atoms with E-state index in [0.29, 0.717) is 12.8 Å². The van der Waals surface area contributed by atoms with Crippen LogP contribution in [-0.4, -0.2) is 42.0 Å². The number of imide groups is 1. The van der Waals surface area contributed by atoms with Gasteiger partial charge in [0.15, 0.2) is 0 Å². The number of carboxylic acid groups (broad SMARTS) is 1. The van der Waals surface area contributed by atoms with Crippen LogP contribution in [0.5, 0.6) is 0 Å². The molecule has 0 aromatic rings. The fourth-order valence-electron chi connectivity index (χ4n) is 1.21. The number of amides is 4. The highest BCUT2D eigenvalue weighted by atomic mass is 16.4. The molecule has 0 aliphatic carbocycles. The number of carboxylic acids is 1. The van der Waals surface area contributed by atoms with Crippen LogP contribution in [0.3, 0.4) is 0 Å². The maximum absolute atomic E-state index is 11.2. The van der Waals surface area contributed by atoms with Crippen LogP contribution in [0.25, 0.3) is 0 Å². The Bertz CT molecular complexity index is 311. The summed E-state index contributed by atoms with van der Waals surface area (Å²) in [7, 11) is 0. The Morgan fingerprint density at radius 3 is 2.11 bits per heavy atom. The van der Waals surface area contributed by atoms with Crippen LogP contribution in [0.1, 0.15) is 32.6 Å². The van der Waals surface area contributed by atoms with E-state index in [1.165, 1.54) is 6.92 Å². The SMILES string of the molecule is CC(=O)NCCNC(=O)NC(=O)CCCCC(=O)O. The zero-order valence-corrected chi connectivity index (χ0v) is 10.8. The quantitative estimate of drug-likeness (QED) is 0.448. The highest BCUT2D eigenvalue weighted by molar-refractivity contribution is 5.94. The van der Waals surface area contributed by atoms with Crippen LogP contribution in [0.2, 0.25) is 0 Å². The van der Waals surface area contributed by atoms with Gasteiger partial charge in [0.1, 0.15) is 0 Å². The van der Waals surface area contributed by atoms with Crippen molar-refractivity contribution >= 4 is 23.8 Å². The molecule has 4 N–H and O–H groups in total. The molecule has 0 spiro atoms. The summed E-state index contributed by atoms with van der Waals surface area (Å²) in [6.07, 6.45) is 0.923. The lowest BCUT2D eigenvalue weighted by Crippen LogP contribution is -2.42. The molecule has 0 fully saturated rings. The Morgan fingerprint density at radius 1 is 0.947 bits per heavy atom. The molecule has 0 aromatic heterocycles. The normalized spacial score (nSPS) is 9.53. The number of hydrogen-bond acceptors (Lipinski definition) is 4. The average Bonchev–Trinajstić information content (AvgIpc) is 2.30. The van der Waals surface area contributed by atoms with Crippen molar-refractivity contribution in [2.24, 2.45) is 0 Å². The first-order valence-electron chi connectivity index (χ1n) is 5.95. The fraction of sp³-hybridized carbons (Fsp3) is 0.636. The first kappa shape index (κ1) is 16.9. The van der Waals surface area contributed by atoms with Gasteiger partial charge in [-0.3, -0.25) is 19.7 Å². The molecule has 0 aliphatic rings. The largest absolute Gasteiger partial charge is 0.481 e. The summed E-state index contributed by atoms with van der Waals surface area (Å²) in [5.74, 6) is -1.56. The average molecular weight is 273 g/mol. The van der Waals surface area contributed by atoms with Crippen LogP contribution in [-0.2, 0) is 14.4 Å². The van der Waals surface area contributed by atoms with E-state index in [1.54, 1.807) is 0 Å². The summed E-state index contributed by atoms with van der Waals surface area (Å²) in [6.45, 7) is 1.87. The molecule has 0 atom stereocenters. The van der Waals surface area contributed by atoms with Crippen LogP contribution in [0.4, 0.5) is 4.79 Å². The van der Waals surface area contributed by atoms with Gasteiger partial charge < -0.3 is 15.7 Å². The third-order valence-electron chi connectivity index (χ3n) is 2.08. The molecule has 0 bridgehead atoms. The zero-order chi connectivity index (χ0) is 14.7. The van der Waals surface area contributed by atoms with Crippen molar-refractivity contribution < 1.29 is 24.3 Å². The third kappa shape index (κ3) is 12.1. The lowest BCUT2D eigenvalue weighted by Gasteiger charge is -2.06. The number of unbranched alkanes of at least 4 members (excludes halogenated alkanes) is 1. The van der Waals surface area contributed by atoms with E-state index in [9.17, 15) is 19.2 Å². The van der Waals surface area contributed by atoms with Gasteiger partial charge in [0.05, 0.1) is 0 Å². The van der Waals surface area contributed by atoms with Crippen molar-refractivity contribution in [2.45, 2.75) is 32.6 Å². The Hall–Kier alpha value is -2.12. The third-order valence-corrected chi connectivity index (χ3v) is 2.08. The maximum atomic E-state index is 11.2. The van der Waals surface area contributed by atoms with Gasteiger partial charge in [0.2, 0.25) is 11.8 Å². The highest BCUT2D eigenvalue weighted by Gasteiger charge is 2.07. The van der Waals surface area contributed by atoms with Crippen LogP contribution in [0.15, 0.2) is 0 Å². The van der Waals surface area contributed by atoms with Gasteiger partial charge in [-0.1, -0.05) is 0 Å². The molecular formula is C11H19N3O5. The second-order valence-electron chi connectivity index (χ2n) is 3.89. The molecule has 8 heteroatoms. The molecular weight excluding hydrogens is 254 g/mol. The van der Waals surface area contributed by atoms with Gasteiger partial charge in [-0.2, -0.15) is 0 Å². The number of hydrogen-bond donors (Lipinski definition) is 4. The molecule has 0 saturated heterocycles. The molecule has 0 heterocycles. The van der Waals surface area contributed by atoms with Crippen LogP contribution in [0, 0.1) is 0 Å². The summed E-state index contributed by atoms with van der Waals surface area (Å²) < 4.78 is 0. The molecule has 0 rings (SSSR count). The van der Waals surface area contributed by atoms with Crippen LogP contribution < -0.4 is 16.0 Å². The van der Waals surface area contributed by atoms with Gasteiger partial charge in [0, 0.05) is 32.9 Å². The summed E-state index contributed by atoms with van der Waals surface area (Å²) in [5, 5.41) is 15.4. The summed E-state index contributed by atoms with van der Waals surface area (Å²) >= 11 is 0. The van der Waals surface area contributed by atoms with E-state index < -0.39 is 17.9 Å². The first-order valence-corrected chi connectivity index (χ1v) is 5.95. The predicted octanol–water partition coefficient (Wildman–Crippen LogP) is -0.407. The number of nitrogens with one attached hydrogen (secondary N) is 3. The van der Waals surface area contributed by atoms with E-state index in [4.69, 9.17) is 5.11 Å². The minimum Gasteiger partial charge on any atom is -0.481 e. The van der Waals surface area contributed by atoms with Crippen molar-refractivity contribution in [1.82, 2.24) is 16.0 Å². The molecule has 0 radical (unpaired) electrons. The lowest BCUT2D eigenvalue weighted by molar-refractivity contribution is -0.137. The summed E-state index contributed by atoms with van der Waals surface area (Å²) in [5.41, 5.74) is 0. The molecule has 0 saturated carbocycles. The molecule has 4 amide bonds. The standard InChI is InChI=1S/C11H19N3O5/c1-8(15)12-6-7-13-11(19)14-9(16)4-2-3-5-10(17)18/h2-7H2,1H3,(H,12,15)(H,17,18)(H2,13,14,16,19). The van der Waals surface area contributed by atoms with E-state index in [1.807, 2.05) is 0 Å². The van der Waals surface area contributed by atoms with Gasteiger partial charge in [-0.05, 0) is 12.8 Å². The van der Waals surface area contributed by atoms with E-state index >= 15 is 0 Å². The van der Waals surface area contributed by atoms with Gasteiger partial charge in [-0.25, -0.2) is 4.79 Å². The number of rotatable bonds is 8. The van der Waals surface area contributed by atoms with Crippen molar-refractivity contribution in [1.29, 1.82) is 0 Å². The Labute approximate surface area is 110 Å². The van der Waals surface area contributed by atoms with Crippen molar-refractivity contribution in [3.8, 4) is 0 Å².